The second kappa shape index (κ2) is 7.13. The van der Waals surface area contributed by atoms with Crippen LogP contribution in [0.1, 0.15) is 25.7 Å². The maximum atomic E-state index is 13.8. The number of sulfonamides is 1. The zero-order valence-electron chi connectivity index (χ0n) is 11.2. The monoisotopic (exact) mass is 417 g/mol. The Kier molecular flexibility index (Phi) is 5.93. The minimum Gasteiger partial charge on any atom is -0.207 e. The van der Waals surface area contributed by atoms with Crippen LogP contribution in [-0.4, -0.2) is 30.6 Å². The quantitative estimate of drug-likeness (QED) is 0.505. The highest BCUT2D eigenvalue weighted by atomic mass is 79.9. The fraction of sp³-hybridized carbons (Fsp3) is 0.538. The summed E-state index contributed by atoms with van der Waals surface area (Å²) in [7, 11) is -3.82. The Morgan fingerprint density at radius 1 is 1.33 bits per heavy atom. The fourth-order valence-corrected chi connectivity index (χ4v) is 4.92. The van der Waals surface area contributed by atoms with Gasteiger partial charge >= 0.3 is 0 Å². The largest absolute Gasteiger partial charge is 0.244 e. The average Bonchev–Trinajstić information content (AvgIpc) is 2.38. The standard InChI is InChI=1S/C13H15BrCl2FNO2S/c14-7-2-8-18(9-3-1-4-9)21(19,20)11-6-5-10(15)13(17)12(11)16/h5-6,9H,1-4,7-8H2. The van der Waals surface area contributed by atoms with E-state index >= 15 is 0 Å². The lowest BCUT2D eigenvalue weighted by Gasteiger charge is -2.36. The molecule has 0 heterocycles. The predicted molar refractivity (Wildman–Crippen MR) is 86.4 cm³/mol. The first-order valence-corrected chi connectivity index (χ1v) is 9.92. The summed E-state index contributed by atoms with van der Waals surface area (Å²) in [6.07, 6.45) is 3.35. The number of nitrogens with zero attached hydrogens (tertiary/aromatic N) is 1. The van der Waals surface area contributed by atoms with Gasteiger partial charge in [-0.25, -0.2) is 12.8 Å². The summed E-state index contributed by atoms with van der Waals surface area (Å²) in [6.45, 7) is 0.388. The van der Waals surface area contributed by atoms with Gasteiger partial charge in [-0.05, 0) is 31.4 Å². The number of benzene rings is 1. The van der Waals surface area contributed by atoms with E-state index in [1.54, 1.807) is 0 Å². The molecule has 0 radical (unpaired) electrons. The lowest BCUT2D eigenvalue weighted by Crippen LogP contribution is -2.44. The Morgan fingerprint density at radius 2 is 2.00 bits per heavy atom. The van der Waals surface area contributed by atoms with Crippen LogP contribution < -0.4 is 0 Å². The number of alkyl halides is 1. The van der Waals surface area contributed by atoms with Crippen molar-refractivity contribution in [1.82, 2.24) is 4.31 Å². The third kappa shape index (κ3) is 3.55. The summed E-state index contributed by atoms with van der Waals surface area (Å²) in [5.41, 5.74) is 0. The summed E-state index contributed by atoms with van der Waals surface area (Å²) in [6, 6.07) is 2.46. The van der Waals surface area contributed by atoms with E-state index < -0.39 is 20.9 Å². The number of hydrogen-bond acceptors (Lipinski definition) is 2. The molecule has 118 valence electrons. The van der Waals surface area contributed by atoms with Gasteiger partial charge in [-0.3, -0.25) is 0 Å². The second-order valence-electron chi connectivity index (χ2n) is 4.92. The minimum atomic E-state index is -3.82. The van der Waals surface area contributed by atoms with Crippen LogP contribution in [0.4, 0.5) is 4.39 Å². The van der Waals surface area contributed by atoms with Crippen molar-refractivity contribution in [3.63, 3.8) is 0 Å². The Hall–Kier alpha value is 0.120. The zero-order valence-corrected chi connectivity index (χ0v) is 15.1. The van der Waals surface area contributed by atoms with Crippen LogP contribution in [0.15, 0.2) is 17.0 Å². The van der Waals surface area contributed by atoms with Crippen molar-refractivity contribution in [2.75, 3.05) is 11.9 Å². The van der Waals surface area contributed by atoms with Crippen molar-refractivity contribution < 1.29 is 12.8 Å². The van der Waals surface area contributed by atoms with E-state index in [0.717, 1.165) is 19.3 Å². The van der Waals surface area contributed by atoms with Gasteiger partial charge in [0.05, 0.1) is 10.0 Å². The van der Waals surface area contributed by atoms with E-state index in [4.69, 9.17) is 23.2 Å². The minimum absolute atomic E-state index is 0.0242. The molecule has 2 rings (SSSR count). The van der Waals surface area contributed by atoms with Crippen LogP contribution in [0, 0.1) is 5.82 Å². The molecule has 0 bridgehead atoms. The summed E-state index contributed by atoms with van der Waals surface area (Å²) >= 11 is 14.8. The van der Waals surface area contributed by atoms with E-state index in [1.165, 1.54) is 16.4 Å². The zero-order chi connectivity index (χ0) is 15.6. The van der Waals surface area contributed by atoms with E-state index in [-0.39, 0.29) is 16.0 Å². The molecule has 1 aliphatic carbocycles. The van der Waals surface area contributed by atoms with Crippen LogP contribution in [0.5, 0.6) is 0 Å². The first kappa shape index (κ1) is 17.5. The van der Waals surface area contributed by atoms with Gasteiger partial charge in [0.25, 0.3) is 0 Å². The molecule has 0 unspecified atom stereocenters. The predicted octanol–water partition coefficient (Wildman–Crippen LogP) is 4.46. The first-order chi connectivity index (χ1) is 9.89. The lowest BCUT2D eigenvalue weighted by molar-refractivity contribution is 0.220. The smallest absolute Gasteiger partial charge is 0.207 e. The van der Waals surface area contributed by atoms with E-state index in [9.17, 15) is 12.8 Å². The molecule has 0 aromatic heterocycles. The molecule has 8 heteroatoms. The Balaban J connectivity index is 2.40. The van der Waals surface area contributed by atoms with Gasteiger partial charge in [0.15, 0.2) is 5.82 Å². The molecule has 3 nitrogen and oxygen atoms in total. The van der Waals surface area contributed by atoms with Gasteiger partial charge in [-0.1, -0.05) is 45.6 Å². The van der Waals surface area contributed by atoms with Crippen LogP contribution >= 0.6 is 39.1 Å². The van der Waals surface area contributed by atoms with Crippen LogP contribution in [-0.2, 0) is 10.0 Å². The molecule has 0 saturated heterocycles. The van der Waals surface area contributed by atoms with Crippen molar-refractivity contribution in [3.05, 3.63) is 28.0 Å². The highest BCUT2D eigenvalue weighted by molar-refractivity contribution is 9.09. The molecule has 0 aliphatic heterocycles. The molecular weight excluding hydrogens is 404 g/mol. The van der Waals surface area contributed by atoms with Crippen LogP contribution in [0.25, 0.3) is 0 Å². The van der Waals surface area contributed by atoms with Crippen molar-refractivity contribution in [1.29, 1.82) is 0 Å². The average molecular weight is 419 g/mol. The molecule has 0 atom stereocenters. The van der Waals surface area contributed by atoms with Gasteiger partial charge in [-0.2, -0.15) is 4.31 Å². The van der Waals surface area contributed by atoms with Gasteiger partial charge in [0.2, 0.25) is 10.0 Å². The van der Waals surface area contributed by atoms with E-state index in [0.29, 0.717) is 18.3 Å². The maximum Gasteiger partial charge on any atom is 0.244 e. The number of rotatable bonds is 6. The summed E-state index contributed by atoms with van der Waals surface area (Å²) in [4.78, 5) is -0.215. The third-order valence-corrected chi connectivity index (χ3v) is 6.91. The van der Waals surface area contributed by atoms with Crippen molar-refractivity contribution in [2.24, 2.45) is 0 Å². The Bertz CT molecular complexity index is 623. The number of hydrogen-bond donors (Lipinski definition) is 0. The lowest BCUT2D eigenvalue weighted by atomic mass is 9.93. The normalized spacial score (nSPS) is 16.2. The highest BCUT2D eigenvalue weighted by Gasteiger charge is 2.36. The van der Waals surface area contributed by atoms with Gasteiger partial charge in [0.1, 0.15) is 4.90 Å². The molecule has 1 aliphatic rings. The summed E-state index contributed by atoms with van der Waals surface area (Å²) in [5.74, 6) is -0.895. The molecule has 1 saturated carbocycles. The SMILES string of the molecule is O=S(=O)(c1ccc(Cl)c(F)c1Cl)N(CCCBr)C1CCC1. The van der Waals surface area contributed by atoms with Gasteiger partial charge in [-0.15, -0.1) is 0 Å². The van der Waals surface area contributed by atoms with Crippen molar-refractivity contribution in [2.45, 2.75) is 36.6 Å². The molecule has 1 aromatic carbocycles. The molecule has 21 heavy (non-hydrogen) atoms. The molecule has 0 amide bonds. The van der Waals surface area contributed by atoms with Gasteiger partial charge in [0, 0.05) is 17.9 Å². The van der Waals surface area contributed by atoms with E-state index in [1.807, 2.05) is 0 Å². The van der Waals surface area contributed by atoms with Crippen molar-refractivity contribution in [3.8, 4) is 0 Å². The topological polar surface area (TPSA) is 37.4 Å². The molecular formula is C13H15BrCl2FNO2S. The maximum absolute atomic E-state index is 13.8. The first-order valence-electron chi connectivity index (χ1n) is 6.61. The van der Waals surface area contributed by atoms with Crippen LogP contribution in [0.2, 0.25) is 10.0 Å². The van der Waals surface area contributed by atoms with Gasteiger partial charge < -0.3 is 0 Å². The Labute approximate surface area is 142 Å². The molecule has 1 aromatic rings. The number of halogens is 4. The highest BCUT2D eigenvalue weighted by Crippen LogP contribution is 2.35. The molecule has 1 fully saturated rings. The van der Waals surface area contributed by atoms with Crippen molar-refractivity contribution >= 4 is 49.2 Å². The second-order valence-corrected chi connectivity index (χ2v) is 8.35. The summed E-state index contributed by atoms with van der Waals surface area (Å²) in [5, 5.41) is 0.0781. The van der Waals surface area contributed by atoms with Crippen LogP contribution in [0.3, 0.4) is 0 Å². The Morgan fingerprint density at radius 3 is 2.52 bits per heavy atom. The summed E-state index contributed by atoms with van der Waals surface area (Å²) < 4.78 is 40.8. The fourth-order valence-electron chi connectivity index (χ4n) is 2.22. The molecule has 0 spiro atoms. The van der Waals surface area contributed by atoms with E-state index in [2.05, 4.69) is 15.9 Å². The third-order valence-electron chi connectivity index (χ3n) is 3.58. The molecule has 0 N–H and O–H groups in total.